The summed E-state index contributed by atoms with van der Waals surface area (Å²) < 4.78 is 5.39. The SMILES string of the molecule is COc1ccc(Cl)cc1C(C)NCC1CCCC(O)C1. The molecule has 1 aromatic carbocycles. The van der Waals surface area contributed by atoms with E-state index in [1.165, 1.54) is 6.42 Å². The minimum atomic E-state index is -0.119. The van der Waals surface area contributed by atoms with Crippen LogP contribution in [0.25, 0.3) is 0 Å². The topological polar surface area (TPSA) is 41.5 Å². The molecular formula is C16H24ClNO2. The van der Waals surface area contributed by atoms with Crippen LogP contribution >= 0.6 is 11.6 Å². The third kappa shape index (κ3) is 4.11. The molecule has 2 rings (SSSR count). The highest BCUT2D eigenvalue weighted by atomic mass is 35.5. The van der Waals surface area contributed by atoms with Crippen molar-refractivity contribution >= 4 is 11.6 Å². The van der Waals surface area contributed by atoms with Crippen molar-refractivity contribution in [2.75, 3.05) is 13.7 Å². The number of nitrogens with one attached hydrogen (secondary N) is 1. The van der Waals surface area contributed by atoms with Crippen LogP contribution in [0.4, 0.5) is 0 Å². The Hall–Kier alpha value is -0.770. The van der Waals surface area contributed by atoms with Crippen LogP contribution < -0.4 is 10.1 Å². The van der Waals surface area contributed by atoms with Crippen LogP contribution in [0.1, 0.15) is 44.2 Å². The quantitative estimate of drug-likeness (QED) is 0.873. The van der Waals surface area contributed by atoms with Crippen molar-refractivity contribution in [3.05, 3.63) is 28.8 Å². The van der Waals surface area contributed by atoms with Gasteiger partial charge in [-0.1, -0.05) is 18.0 Å². The summed E-state index contributed by atoms with van der Waals surface area (Å²) in [6, 6.07) is 5.88. The van der Waals surface area contributed by atoms with Crippen LogP contribution in [0.5, 0.6) is 5.75 Å². The minimum absolute atomic E-state index is 0.119. The molecule has 0 saturated heterocycles. The van der Waals surface area contributed by atoms with E-state index in [0.29, 0.717) is 5.92 Å². The molecule has 3 unspecified atom stereocenters. The van der Waals surface area contributed by atoms with Gasteiger partial charge in [-0.15, -0.1) is 0 Å². The lowest BCUT2D eigenvalue weighted by atomic mass is 9.87. The largest absolute Gasteiger partial charge is 0.496 e. The first-order valence-corrected chi connectivity index (χ1v) is 7.73. The predicted octanol–water partition coefficient (Wildman–Crippen LogP) is 3.55. The van der Waals surface area contributed by atoms with Gasteiger partial charge in [-0.3, -0.25) is 0 Å². The molecular weight excluding hydrogens is 274 g/mol. The third-order valence-corrected chi connectivity index (χ3v) is 4.36. The van der Waals surface area contributed by atoms with Gasteiger partial charge in [0.25, 0.3) is 0 Å². The summed E-state index contributed by atoms with van der Waals surface area (Å²) >= 11 is 6.07. The standard InChI is InChI=1S/C16H24ClNO2/c1-11(15-9-13(17)6-7-16(15)20-2)18-10-12-4-3-5-14(19)8-12/h6-7,9,11-12,14,18-19H,3-5,8,10H2,1-2H3. The molecule has 0 radical (unpaired) electrons. The van der Waals surface area contributed by atoms with Crippen LogP contribution in [0.3, 0.4) is 0 Å². The molecule has 1 aliphatic rings. The van der Waals surface area contributed by atoms with Gasteiger partial charge in [0.1, 0.15) is 5.75 Å². The summed E-state index contributed by atoms with van der Waals surface area (Å²) in [5, 5.41) is 14.0. The van der Waals surface area contributed by atoms with Gasteiger partial charge in [-0.05, 0) is 56.8 Å². The Bertz CT molecular complexity index is 438. The van der Waals surface area contributed by atoms with Gasteiger partial charge in [0.2, 0.25) is 0 Å². The molecule has 0 spiro atoms. The van der Waals surface area contributed by atoms with Crippen molar-refractivity contribution in [1.29, 1.82) is 0 Å². The van der Waals surface area contributed by atoms with E-state index in [1.807, 2.05) is 18.2 Å². The lowest BCUT2D eigenvalue weighted by molar-refractivity contribution is 0.0998. The second-order valence-electron chi connectivity index (χ2n) is 5.70. The zero-order chi connectivity index (χ0) is 14.5. The van der Waals surface area contributed by atoms with Gasteiger partial charge in [0, 0.05) is 16.6 Å². The number of aliphatic hydroxyl groups excluding tert-OH is 1. The molecule has 3 nitrogen and oxygen atoms in total. The number of benzene rings is 1. The van der Waals surface area contributed by atoms with Gasteiger partial charge in [0.15, 0.2) is 0 Å². The van der Waals surface area contributed by atoms with Crippen LogP contribution in [0.15, 0.2) is 18.2 Å². The fraction of sp³-hybridized carbons (Fsp3) is 0.625. The van der Waals surface area contributed by atoms with Crippen molar-refractivity contribution < 1.29 is 9.84 Å². The van der Waals surface area contributed by atoms with Crippen LogP contribution in [0, 0.1) is 5.92 Å². The van der Waals surface area contributed by atoms with Gasteiger partial charge in [-0.25, -0.2) is 0 Å². The van der Waals surface area contributed by atoms with Crippen molar-refractivity contribution in [3.63, 3.8) is 0 Å². The Kier molecular flexibility index (Phi) is 5.70. The van der Waals surface area contributed by atoms with Crippen molar-refractivity contribution in [2.24, 2.45) is 5.92 Å². The molecule has 1 saturated carbocycles. The number of hydrogen-bond donors (Lipinski definition) is 2. The van der Waals surface area contributed by atoms with Crippen molar-refractivity contribution in [2.45, 2.75) is 44.8 Å². The summed E-state index contributed by atoms with van der Waals surface area (Å²) in [6.07, 6.45) is 4.07. The van der Waals surface area contributed by atoms with Crippen molar-refractivity contribution in [3.8, 4) is 5.75 Å². The predicted molar refractivity (Wildman–Crippen MR) is 82.4 cm³/mol. The molecule has 1 aliphatic carbocycles. The molecule has 20 heavy (non-hydrogen) atoms. The lowest BCUT2D eigenvalue weighted by Gasteiger charge is -2.27. The average molecular weight is 298 g/mol. The number of halogens is 1. The van der Waals surface area contributed by atoms with Crippen LogP contribution in [-0.4, -0.2) is 24.9 Å². The number of rotatable bonds is 5. The average Bonchev–Trinajstić information content (AvgIpc) is 2.45. The first-order chi connectivity index (χ1) is 9.60. The Morgan fingerprint density at radius 2 is 2.25 bits per heavy atom. The first kappa shape index (κ1) is 15.6. The van der Waals surface area contributed by atoms with Gasteiger partial charge in [-0.2, -0.15) is 0 Å². The lowest BCUT2D eigenvalue weighted by Crippen LogP contribution is -2.30. The zero-order valence-electron chi connectivity index (χ0n) is 12.2. The van der Waals surface area contributed by atoms with E-state index in [-0.39, 0.29) is 12.1 Å². The Morgan fingerprint density at radius 1 is 1.45 bits per heavy atom. The highest BCUT2D eigenvalue weighted by Crippen LogP contribution is 2.29. The maximum absolute atomic E-state index is 9.72. The van der Waals surface area contributed by atoms with E-state index in [4.69, 9.17) is 16.3 Å². The molecule has 0 amide bonds. The number of hydrogen-bond acceptors (Lipinski definition) is 3. The molecule has 0 aliphatic heterocycles. The molecule has 1 fully saturated rings. The first-order valence-electron chi connectivity index (χ1n) is 7.35. The maximum atomic E-state index is 9.72. The number of ether oxygens (including phenoxy) is 1. The summed E-state index contributed by atoms with van der Waals surface area (Å²) in [6.45, 7) is 3.04. The highest BCUT2D eigenvalue weighted by molar-refractivity contribution is 6.30. The molecule has 0 aromatic heterocycles. The van der Waals surface area contributed by atoms with Gasteiger partial charge in [0.05, 0.1) is 13.2 Å². The summed E-state index contributed by atoms with van der Waals surface area (Å²) in [7, 11) is 1.68. The van der Waals surface area contributed by atoms with Gasteiger partial charge >= 0.3 is 0 Å². The Labute approximate surface area is 126 Å². The number of aliphatic hydroxyl groups is 1. The monoisotopic (exact) mass is 297 g/mol. The van der Waals surface area contributed by atoms with Crippen LogP contribution in [0.2, 0.25) is 5.02 Å². The maximum Gasteiger partial charge on any atom is 0.123 e. The van der Waals surface area contributed by atoms with Gasteiger partial charge < -0.3 is 15.2 Å². The molecule has 0 heterocycles. The molecule has 112 valence electrons. The highest BCUT2D eigenvalue weighted by Gasteiger charge is 2.21. The Morgan fingerprint density at radius 3 is 2.95 bits per heavy atom. The summed E-state index contributed by atoms with van der Waals surface area (Å²) in [5.74, 6) is 1.42. The molecule has 4 heteroatoms. The molecule has 2 N–H and O–H groups in total. The molecule has 0 bridgehead atoms. The zero-order valence-corrected chi connectivity index (χ0v) is 13.0. The molecule has 3 atom stereocenters. The van der Waals surface area contributed by atoms with E-state index in [1.54, 1.807) is 7.11 Å². The summed E-state index contributed by atoms with van der Waals surface area (Å²) in [4.78, 5) is 0. The summed E-state index contributed by atoms with van der Waals surface area (Å²) in [5.41, 5.74) is 1.08. The fourth-order valence-electron chi connectivity index (χ4n) is 2.95. The number of methoxy groups -OCH3 is 1. The van der Waals surface area contributed by atoms with E-state index < -0.39 is 0 Å². The normalized spacial score (nSPS) is 24.4. The minimum Gasteiger partial charge on any atom is -0.496 e. The molecule has 1 aromatic rings. The third-order valence-electron chi connectivity index (χ3n) is 4.13. The fourth-order valence-corrected chi connectivity index (χ4v) is 3.13. The smallest absolute Gasteiger partial charge is 0.123 e. The van der Waals surface area contributed by atoms with E-state index in [0.717, 1.165) is 42.1 Å². The Balaban J connectivity index is 1.94. The van der Waals surface area contributed by atoms with Crippen LogP contribution in [-0.2, 0) is 0 Å². The van der Waals surface area contributed by atoms with E-state index >= 15 is 0 Å². The van der Waals surface area contributed by atoms with Crippen molar-refractivity contribution in [1.82, 2.24) is 5.32 Å². The van der Waals surface area contributed by atoms with E-state index in [9.17, 15) is 5.11 Å². The van der Waals surface area contributed by atoms with E-state index in [2.05, 4.69) is 12.2 Å². The second kappa shape index (κ2) is 7.30. The second-order valence-corrected chi connectivity index (χ2v) is 6.14.